The number of carbonyl (C=O) groups excluding carboxylic acids is 2. The first kappa shape index (κ1) is 13.4. The lowest BCUT2D eigenvalue weighted by Crippen LogP contribution is -2.41. The molecule has 1 unspecified atom stereocenters. The first-order valence-electron chi connectivity index (χ1n) is 4.33. The minimum Gasteiger partial charge on any atom is -0.481 e. The fraction of sp³-hybridized carbons (Fsp3) is 0.667. The zero-order valence-corrected chi connectivity index (χ0v) is 8.86. The van der Waals surface area contributed by atoms with Crippen molar-refractivity contribution >= 4 is 18.3 Å². The third kappa shape index (κ3) is 7.48. The van der Waals surface area contributed by atoms with Crippen molar-refractivity contribution in [3.63, 3.8) is 0 Å². The molecule has 2 N–H and O–H groups in total. The fourth-order valence-electron chi connectivity index (χ4n) is 0.747. The Morgan fingerprint density at radius 2 is 2.00 bits per heavy atom. The third-order valence-electron chi connectivity index (χ3n) is 1.21. The molecule has 15 heavy (non-hydrogen) atoms. The van der Waals surface area contributed by atoms with Gasteiger partial charge in [0, 0.05) is 0 Å². The van der Waals surface area contributed by atoms with Crippen LogP contribution in [0.4, 0.5) is 4.79 Å². The van der Waals surface area contributed by atoms with Crippen molar-refractivity contribution in [2.75, 3.05) is 0 Å². The van der Waals surface area contributed by atoms with Crippen LogP contribution in [-0.4, -0.2) is 35.1 Å². The van der Waals surface area contributed by atoms with Gasteiger partial charge >= 0.3 is 12.1 Å². The monoisotopic (exact) mass is 216 g/mol. The van der Waals surface area contributed by atoms with Gasteiger partial charge in [-0.3, -0.25) is 9.59 Å². The van der Waals surface area contributed by atoms with Crippen molar-refractivity contribution in [2.24, 2.45) is 0 Å². The lowest BCUT2D eigenvalue weighted by atomic mass is 10.2. The first-order chi connectivity index (χ1) is 6.74. The fourth-order valence-corrected chi connectivity index (χ4v) is 0.747. The number of carboxylic acid groups (broad SMARTS) is 1. The topological polar surface area (TPSA) is 92.7 Å². The summed E-state index contributed by atoms with van der Waals surface area (Å²) in [4.78, 5) is 31.7. The summed E-state index contributed by atoms with van der Waals surface area (Å²) >= 11 is 0. The van der Waals surface area contributed by atoms with Crippen molar-refractivity contribution in [3.8, 4) is 0 Å². The molecule has 85 valence electrons. The number of ether oxygens (including phenoxy) is 1. The van der Waals surface area contributed by atoms with Gasteiger partial charge < -0.3 is 15.2 Å². The predicted octanol–water partition coefficient (Wildman–Crippen LogP) is 0.464. The van der Waals surface area contributed by atoms with Crippen molar-refractivity contribution in [1.29, 1.82) is 0 Å². The third-order valence-corrected chi connectivity index (χ3v) is 1.21. The average Bonchev–Trinajstić information content (AvgIpc) is 1.98. The molecule has 0 aliphatic rings. The molecule has 0 aliphatic carbocycles. The van der Waals surface area contributed by atoms with Crippen LogP contribution >= 0.6 is 0 Å². The van der Waals surface area contributed by atoms with E-state index in [1.165, 1.54) is 6.29 Å². The van der Waals surface area contributed by atoms with E-state index >= 15 is 0 Å². The SMILES string of the molecule is CC(C)(C)OC(=O)NC([C]=O)CC(=O)O. The second-order valence-corrected chi connectivity index (χ2v) is 3.91. The Bertz CT molecular complexity index is 256. The molecule has 6 heteroatoms. The van der Waals surface area contributed by atoms with Crippen molar-refractivity contribution in [1.82, 2.24) is 5.32 Å². The van der Waals surface area contributed by atoms with Gasteiger partial charge in [0.2, 0.25) is 6.29 Å². The van der Waals surface area contributed by atoms with E-state index in [9.17, 15) is 14.4 Å². The smallest absolute Gasteiger partial charge is 0.408 e. The average molecular weight is 216 g/mol. The number of hydrogen-bond acceptors (Lipinski definition) is 4. The molecule has 1 atom stereocenters. The minimum atomic E-state index is -1.19. The van der Waals surface area contributed by atoms with Gasteiger partial charge in [-0.1, -0.05) is 0 Å². The second-order valence-electron chi connectivity index (χ2n) is 3.91. The van der Waals surface area contributed by atoms with Crippen LogP contribution in [-0.2, 0) is 14.3 Å². The van der Waals surface area contributed by atoms with Crippen LogP contribution in [0.25, 0.3) is 0 Å². The first-order valence-corrected chi connectivity index (χ1v) is 4.33. The molecule has 0 bridgehead atoms. The summed E-state index contributed by atoms with van der Waals surface area (Å²) in [5, 5.41) is 10.5. The van der Waals surface area contributed by atoms with E-state index in [4.69, 9.17) is 9.84 Å². The number of carbonyl (C=O) groups is 2. The number of carboxylic acids is 1. The zero-order valence-electron chi connectivity index (χ0n) is 8.86. The van der Waals surface area contributed by atoms with Crippen LogP contribution < -0.4 is 5.32 Å². The quantitative estimate of drug-likeness (QED) is 0.712. The molecular weight excluding hydrogens is 202 g/mol. The molecule has 0 saturated carbocycles. The number of amides is 1. The minimum absolute atomic E-state index is 0.511. The standard InChI is InChI=1S/C9H14NO5/c1-9(2,3)15-8(14)10-6(5-11)4-7(12)13/h6H,4H2,1-3H3,(H,10,14)(H,12,13). The Morgan fingerprint density at radius 1 is 1.47 bits per heavy atom. The van der Waals surface area contributed by atoms with Crippen LogP contribution in [0.15, 0.2) is 0 Å². The van der Waals surface area contributed by atoms with Crippen LogP contribution in [0.5, 0.6) is 0 Å². The molecule has 6 nitrogen and oxygen atoms in total. The van der Waals surface area contributed by atoms with E-state index in [1.54, 1.807) is 20.8 Å². The molecule has 0 rings (SSSR count). The van der Waals surface area contributed by atoms with Gasteiger partial charge in [-0.25, -0.2) is 4.79 Å². The van der Waals surface area contributed by atoms with Gasteiger partial charge in [-0.2, -0.15) is 0 Å². The van der Waals surface area contributed by atoms with E-state index in [2.05, 4.69) is 5.32 Å². The number of nitrogens with one attached hydrogen (secondary N) is 1. The summed E-state index contributed by atoms with van der Waals surface area (Å²) in [5.74, 6) is -1.19. The highest BCUT2D eigenvalue weighted by Gasteiger charge is 2.21. The molecule has 1 amide bonds. The molecule has 0 aromatic carbocycles. The Hall–Kier alpha value is -1.59. The van der Waals surface area contributed by atoms with Crippen molar-refractivity contribution in [2.45, 2.75) is 38.8 Å². The molecule has 1 radical (unpaired) electrons. The number of hydrogen-bond donors (Lipinski definition) is 2. The zero-order chi connectivity index (χ0) is 12.1. The summed E-state index contributed by atoms with van der Waals surface area (Å²) in [5.41, 5.74) is -0.694. The molecule has 0 spiro atoms. The summed E-state index contributed by atoms with van der Waals surface area (Å²) in [6, 6.07) is -1.18. The van der Waals surface area contributed by atoms with Crippen molar-refractivity contribution in [3.05, 3.63) is 0 Å². The summed E-state index contributed by atoms with van der Waals surface area (Å²) in [6.07, 6.45) is 0.0601. The molecule has 0 aliphatic heterocycles. The normalized spacial score (nSPS) is 12.7. The highest BCUT2D eigenvalue weighted by Crippen LogP contribution is 2.06. The molecule has 0 aromatic rings. The van der Waals surface area contributed by atoms with E-state index in [0.717, 1.165) is 0 Å². The van der Waals surface area contributed by atoms with Gasteiger partial charge in [0.1, 0.15) is 11.6 Å². The van der Waals surface area contributed by atoms with Gasteiger partial charge in [-0.05, 0) is 20.8 Å². The Labute approximate surface area is 87.6 Å². The van der Waals surface area contributed by atoms with Gasteiger partial charge in [-0.15, -0.1) is 0 Å². The number of alkyl carbamates (subject to hydrolysis) is 1. The van der Waals surface area contributed by atoms with E-state index in [-0.39, 0.29) is 0 Å². The van der Waals surface area contributed by atoms with Gasteiger partial charge in [0.05, 0.1) is 6.42 Å². The van der Waals surface area contributed by atoms with E-state index < -0.39 is 30.1 Å². The molecule has 0 fully saturated rings. The van der Waals surface area contributed by atoms with Gasteiger partial charge in [0.15, 0.2) is 0 Å². The number of aliphatic carboxylic acids is 1. The Morgan fingerprint density at radius 3 is 2.33 bits per heavy atom. The van der Waals surface area contributed by atoms with E-state index in [0.29, 0.717) is 0 Å². The number of rotatable bonds is 4. The molecule has 0 saturated heterocycles. The summed E-state index contributed by atoms with van der Waals surface area (Å²) < 4.78 is 4.83. The van der Waals surface area contributed by atoms with Gasteiger partial charge in [0.25, 0.3) is 0 Å². The molecular formula is C9H14NO5. The van der Waals surface area contributed by atoms with Crippen LogP contribution in [0.3, 0.4) is 0 Å². The molecule has 0 heterocycles. The predicted molar refractivity (Wildman–Crippen MR) is 51.1 cm³/mol. The van der Waals surface area contributed by atoms with Crippen LogP contribution in [0.1, 0.15) is 27.2 Å². The maximum Gasteiger partial charge on any atom is 0.408 e. The second kappa shape index (κ2) is 5.33. The summed E-state index contributed by atoms with van der Waals surface area (Å²) in [6.45, 7) is 4.97. The maximum atomic E-state index is 11.1. The van der Waals surface area contributed by atoms with Crippen molar-refractivity contribution < 1.29 is 24.2 Å². The van der Waals surface area contributed by atoms with Crippen LogP contribution in [0.2, 0.25) is 0 Å². The van der Waals surface area contributed by atoms with Crippen LogP contribution in [0, 0.1) is 0 Å². The van der Waals surface area contributed by atoms with E-state index in [1.807, 2.05) is 0 Å². The highest BCUT2D eigenvalue weighted by molar-refractivity contribution is 5.79. The lowest BCUT2D eigenvalue weighted by molar-refractivity contribution is -0.137. The lowest BCUT2D eigenvalue weighted by Gasteiger charge is -2.20. The Kier molecular flexibility index (Phi) is 4.77. The maximum absolute atomic E-state index is 11.1. The largest absolute Gasteiger partial charge is 0.481 e. The Balaban J connectivity index is 4.13. The highest BCUT2D eigenvalue weighted by atomic mass is 16.6. The molecule has 0 aromatic heterocycles. The summed E-state index contributed by atoms with van der Waals surface area (Å²) in [7, 11) is 0.